The van der Waals surface area contributed by atoms with Crippen molar-refractivity contribution >= 4 is 32.7 Å². The standard InChI is InChI=1S/C12H10INO3S/c13-11-6-10(7-14-8-11)9-17-18(15,16)12-4-2-1-3-5-12/h1-8H,9H2. The van der Waals surface area contributed by atoms with E-state index in [4.69, 9.17) is 4.18 Å². The molecule has 0 aliphatic rings. The Balaban J connectivity index is 2.11. The third kappa shape index (κ3) is 3.50. The molecule has 0 spiro atoms. The monoisotopic (exact) mass is 375 g/mol. The molecule has 1 aromatic carbocycles. The van der Waals surface area contributed by atoms with Crippen LogP contribution in [0.3, 0.4) is 0 Å². The van der Waals surface area contributed by atoms with E-state index in [-0.39, 0.29) is 11.5 Å². The van der Waals surface area contributed by atoms with Crippen LogP contribution in [-0.2, 0) is 20.9 Å². The fourth-order valence-electron chi connectivity index (χ4n) is 1.34. The molecule has 0 aliphatic heterocycles. The highest BCUT2D eigenvalue weighted by molar-refractivity contribution is 14.1. The van der Waals surface area contributed by atoms with Gasteiger partial charge in [0.1, 0.15) is 0 Å². The van der Waals surface area contributed by atoms with Crippen molar-refractivity contribution in [3.8, 4) is 0 Å². The third-order valence-electron chi connectivity index (χ3n) is 2.17. The van der Waals surface area contributed by atoms with Gasteiger partial charge in [-0.15, -0.1) is 0 Å². The predicted octanol–water partition coefficient (Wildman–Crippen LogP) is 2.59. The molecule has 2 aromatic rings. The highest BCUT2D eigenvalue weighted by Gasteiger charge is 2.14. The van der Waals surface area contributed by atoms with Gasteiger partial charge < -0.3 is 0 Å². The third-order valence-corrected chi connectivity index (χ3v) is 4.04. The highest BCUT2D eigenvalue weighted by atomic mass is 127. The minimum Gasteiger partial charge on any atom is -0.263 e. The molecule has 0 radical (unpaired) electrons. The van der Waals surface area contributed by atoms with Crippen molar-refractivity contribution in [2.45, 2.75) is 11.5 Å². The number of halogens is 1. The Morgan fingerprint density at radius 1 is 1.17 bits per heavy atom. The van der Waals surface area contributed by atoms with Gasteiger partial charge >= 0.3 is 0 Å². The Morgan fingerprint density at radius 2 is 1.89 bits per heavy atom. The van der Waals surface area contributed by atoms with Gasteiger partial charge in [-0.25, -0.2) is 0 Å². The summed E-state index contributed by atoms with van der Waals surface area (Å²) >= 11 is 2.11. The van der Waals surface area contributed by atoms with Crippen LogP contribution in [0.1, 0.15) is 5.56 Å². The van der Waals surface area contributed by atoms with Crippen LogP contribution >= 0.6 is 22.6 Å². The molecule has 94 valence electrons. The Hall–Kier alpha value is -0.990. The molecule has 1 heterocycles. The van der Waals surface area contributed by atoms with Crippen molar-refractivity contribution in [2.75, 3.05) is 0 Å². The lowest BCUT2D eigenvalue weighted by molar-refractivity contribution is 0.307. The molecule has 0 unspecified atom stereocenters. The first-order valence-electron chi connectivity index (χ1n) is 5.12. The molecule has 18 heavy (non-hydrogen) atoms. The molecule has 2 rings (SSSR count). The van der Waals surface area contributed by atoms with Gasteiger partial charge in [-0.2, -0.15) is 8.42 Å². The van der Waals surface area contributed by atoms with Crippen LogP contribution in [0.2, 0.25) is 0 Å². The Kier molecular flexibility index (Phi) is 4.31. The van der Waals surface area contributed by atoms with Gasteiger partial charge in [0.25, 0.3) is 10.1 Å². The van der Waals surface area contributed by atoms with Crippen LogP contribution in [0.25, 0.3) is 0 Å². The number of nitrogens with zero attached hydrogens (tertiary/aromatic N) is 1. The number of hydrogen-bond acceptors (Lipinski definition) is 4. The molecular formula is C12H10INO3S. The van der Waals surface area contributed by atoms with Gasteiger partial charge in [-0.3, -0.25) is 9.17 Å². The molecule has 1 aromatic heterocycles. The van der Waals surface area contributed by atoms with Crippen molar-refractivity contribution in [1.82, 2.24) is 4.98 Å². The molecule has 0 amide bonds. The van der Waals surface area contributed by atoms with Crippen molar-refractivity contribution in [3.63, 3.8) is 0 Å². The van der Waals surface area contributed by atoms with E-state index in [1.165, 1.54) is 12.1 Å². The Labute approximate surface area is 119 Å². The summed E-state index contributed by atoms with van der Waals surface area (Å²) < 4.78 is 29.6. The van der Waals surface area contributed by atoms with E-state index < -0.39 is 10.1 Å². The zero-order chi connectivity index (χ0) is 13.0. The van der Waals surface area contributed by atoms with Crippen LogP contribution in [0.15, 0.2) is 53.7 Å². The summed E-state index contributed by atoms with van der Waals surface area (Å²) in [5.74, 6) is 0. The molecule has 0 atom stereocenters. The SMILES string of the molecule is O=S(=O)(OCc1cncc(I)c1)c1ccccc1. The zero-order valence-corrected chi connectivity index (χ0v) is 12.3. The topological polar surface area (TPSA) is 56.3 Å². The van der Waals surface area contributed by atoms with Crippen LogP contribution in [0.5, 0.6) is 0 Å². The number of rotatable bonds is 4. The van der Waals surface area contributed by atoms with Crippen LogP contribution < -0.4 is 0 Å². The molecular weight excluding hydrogens is 365 g/mol. The van der Waals surface area contributed by atoms with Gasteiger partial charge in [0.2, 0.25) is 0 Å². The van der Waals surface area contributed by atoms with Crippen LogP contribution in [0.4, 0.5) is 0 Å². The number of hydrogen-bond donors (Lipinski definition) is 0. The van der Waals surface area contributed by atoms with Crippen molar-refractivity contribution in [2.24, 2.45) is 0 Å². The van der Waals surface area contributed by atoms with Gasteiger partial charge in [-0.1, -0.05) is 18.2 Å². The summed E-state index contributed by atoms with van der Waals surface area (Å²) in [6.45, 7) is -0.0128. The average molecular weight is 375 g/mol. The normalized spacial score (nSPS) is 11.4. The highest BCUT2D eigenvalue weighted by Crippen LogP contribution is 2.14. The van der Waals surface area contributed by atoms with Crippen molar-refractivity contribution < 1.29 is 12.6 Å². The molecule has 0 saturated heterocycles. The van der Waals surface area contributed by atoms with E-state index in [2.05, 4.69) is 27.6 Å². The summed E-state index contributed by atoms with van der Waals surface area (Å²) in [4.78, 5) is 4.13. The van der Waals surface area contributed by atoms with E-state index in [0.717, 1.165) is 9.13 Å². The Bertz CT molecular complexity index is 629. The lowest BCUT2D eigenvalue weighted by Crippen LogP contribution is -2.06. The van der Waals surface area contributed by atoms with Gasteiger partial charge in [0.05, 0.1) is 11.5 Å². The van der Waals surface area contributed by atoms with E-state index in [1.54, 1.807) is 30.6 Å². The average Bonchev–Trinajstić information content (AvgIpc) is 2.38. The molecule has 0 fully saturated rings. The molecule has 0 saturated carbocycles. The maximum absolute atomic E-state index is 11.8. The van der Waals surface area contributed by atoms with Gasteiger partial charge in [0.15, 0.2) is 0 Å². The largest absolute Gasteiger partial charge is 0.297 e. The number of aromatic nitrogens is 1. The van der Waals surface area contributed by atoms with Crippen molar-refractivity contribution in [1.29, 1.82) is 0 Å². The van der Waals surface area contributed by atoms with Crippen molar-refractivity contribution in [3.05, 3.63) is 57.9 Å². The first-order chi connectivity index (χ1) is 8.58. The second-order valence-corrected chi connectivity index (χ2v) is 6.40. The minimum atomic E-state index is -3.70. The number of pyridine rings is 1. The molecule has 0 N–H and O–H groups in total. The van der Waals surface area contributed by atoms with Gasteiger partial charge in [-0.05, 0) is 46.4 Å². The quantitative estimate of drug-likeness (QED) is 0.609. The zero-order valence-electron chi connectivity index (χ0n) is 9.28. The van der Waals surface area contributed by atoms with E-state index >= 15 is 0 Å². The second-order valence-electron chi connectivity index (χ2n) is 3.54. The summed E-state index contributed by atoms with van der Waals surface area (Å²) in [5.41, 5.74) is 0.724. The summed E-state index contributed by atoms with van der Waals surface area (Å²) in [5, 5.41) is 0. The van der Waals surface area contributed by atoms with E-state index in [0.29, 0.717) is 0 Å². The summed E-state index contributed by atoms with van der Waals surface area (Å²) in [6, 6.07) is 9.90. The fraction of sp³-hybridized carbons (Fsp3) is 0.0833. The fourth-order valence-corrected chi connectivity index (χ4v) is 2.81. The molecule has 0 aliphatic carbocycles. The smallest absolute Gasteiger partial charge is 0.263 e. The maximum Gasteiger partial charge on any atom is 0.297 e. The summed E-state index contributed by atoms with van der Waals surface area (Å²) in [7, 11) is -3.70. The van der Waals surface area contributed by atoms with E-state index in [1.807, 2.05) is 6.07 Å². The minimum absolute atomic E-state index is 0.0128. The predicted molar refractivity (Wildman–Crippen MR) is 75.4 cm³/mol. The van der Waals surface area contributed by atoms with Gasteiger partial charge in [0, 0.05) is 16.0 Å². The maximum atomic E-state index is 11.8. The molecule has 6 heteroatoms. The number of benzene rings is 1. The second kappa shape index (κ2) is 5.77. The summed E-state index contributed by atoms with van der Waals surface area (Å²) in [6.07, 6.45) is 3.28. The lowest BCUT2D eigenvalue weighted by Gasteiger charge is -2.05. The molecule has 4 nitrogen and oxygen atoms in total. The van der Waals surface area contributed by atoms with Crippen LogP contribution in [-0.4, -0.2) is 13.4 Å². The lowest BCUT2D eigenvalue weighted by atomic mass is 10.3. The Morgan fingerprint density at radius 3 is 2.56 bits per heavy atom. The molecule has 0 bridgehead atoms. The first-order valence-corrected chi connectivity index (χ1v) is 7.60. The first kappa shape index (κ1) is 13.4. The van der Waals surface area contributed by atoms with E-state index in [9.17, 15) is 8.42 Å². The van der Waals surface area contributed by atoms with Crippen LogP contribution in [0, 0.1) is 3.57 Å².